The molecule has 0 amide bonds. The van der Waals surface area contributed by atoms with E-state index in [1.54, 1.807) is 0 Å². The maximum Gasteiger partial charge on any atom is 0.0825 e. The molecule has 0 aromatic carbocycles. The van der Waals surface area contributed by atoms with Crippen molar-refractivity contribution in [2.75, 3.05) is 0 Å². The Morgan fingerprint density at radius 2 is 1.75 bits per heavy atom. The van der Waals surface area contributed by atoms with Gasteiger partial charge in [-0.15, -0.1) is 0 Å². The fraction of sp³-hybridized carbons (Fsp3) is 0. The molecule has 0 aliphatic carbocycles. The van der Waals surface area contributed by atoms with Gasteiger partial charge in [-0.25, -0.2) is 0 Å². The fourth-order valence-corrected chi connectivity index (χ4v) is 0. The summed E-state index contributed by atoms with van der Waals surface area (Å²) in [4.78, 5) is 0. The molecule has 0 N–H and O–H groups in total. The molecule has 1 atom stereocenters. The Labute approximate surface area is 56.2 Å². The van der Waals surface area contributed by atoms with Crippen molar-refractivity contribution in [3.05, 3.63) is 0 Å². The largest absolute Gasteiger partial charge is 0.188 e. The third-order valence-corrected chi connectivity index (χ3v) is 0. The number of rotatable bonds is 0. The van der Waals surface area contributed by atoms with E-state index in [0.717, 1.165) is 0 Å². The second-order valence-electron chi connectivity index (χ2n) is 0.192. The van der Waals surface area contributed by atoms with Crippen LogP contribution in [0.5, 0.6) is 0 Å². The molecule has 4 heavy (non-hydrogen) atoms. The van der Waals surface area contributed by atoms with Crippen LogP contribution >= 0.6 is 9.12 Å². The molecular weight excluding hydrogens is 142 g/mol. The van der Waals surface area contributed by atoms with E-state index in [1.807, 2.05) is 0 Å². The molecule has 0 nitrogen and oxygen atoms in total. The average molecular weight is 144 g/mol. The smallest absolute Gasteiger partial charge is 0.0825 e. The first-order valence-corrected chi connectivity index (χ1v) is 1.33. The molecular formula is H2B2PY. The Morgan fingerprint density at radius 1 is 1.75 bits per heavy atom. The SMILES string of the molecule is [B][B]P.[Y]. The number of hydrogen-bond acceptors (Lipinski definition) is 0. The van der Waals surface area contributed by atoms with Crippen LogP contribution in [0.2, 0.25) is 0 Å². The van der Waals surface area contributed by atoms with Gasteiger partial charge in [0.2, 0.25) is 0 Å². The summed E-state index contributed by atoms with van der Waals surface area (Å²) in [5.41, 5.74) is 0. The third-order valence-electron chi connectivity index (χ3n) is 0. The van der Waals surface area contributed by atoms with Gasteiger partial charge in [0.05, 0.1) is 6.89 Å². The summed E-state index contributed by atoms with van der Waals surface area (Å²) in [5.74, 6) is 0. The summed E-state index contributed by atoms with van der Waals surface area (Å²) >= 11 is 0. The Kier molecular flexibility index (Phi) is 20.2. The summed E-state index contributed by atoms with van der Waals surface area (Å²) in [7, 11) is 6.92. The van der Waals surface area contributed by atoms with Gasteiger partial charge in [-0.2, -0.15) is 9.12 Å². The summed E-state index contributed by atoms with van der Waals surface area (Å²) < 4.78 is 0. The molecule has 4 heteroatoms. The Bertz CT molecular complexity index is 6.00. The molecule has 0 spiro atoms. The molecule has 0 aliphatic heterocycles. The van der Waals surface area contributed by atoms with Crippen LogP contribution in [0.3, 0.4) is 0 Å². The predicted octanol–water partition coefficient (Wildman–Crippen LogP) is -0.438. The van der Waals surface area contributed by atoms with Crippen molar-refractivity contribution in [3.63, 3.8) is 0 Å². The summed E-state index contributed by atoms with van der Waals surface area (Å²) in [6.07, 6.45) is 0. The van der Waals surface area contributed by atoms with Crippen molar-refractivity contribution in [1.29, 1.82) is 0 Å². The van der Waals surface area contributed by atoms with Crippen molar-refractivity contribution in [1.82, 2.24) is 0 Å². The normalized spacial score (nSPS) is 3.25. The Morgan fingerprint density at radius 3 is 1.75 bits per heavy atom. The molecule has 0 bridgehead atoms. The summed E-state index contributed by atoms with van der Waals surface area (Å²) in [5, 5.41) is 0. The fourth-order valence-electron chi connectivity index (χ4n) is 0. The van der Waals surface area contributed by atoms with Gasteiger partial charge in [0.1, 0.15) is 0 Å². The van der Waals surface area contributed by atoms with Gasteiger partial charge in [0.15, 0.2) is 0 Å². The number of hydrogen-bond donors (Lipinski definition) is 0. The Hall–Kier alpha value is 1.66. The molecule has 0 fully saturated rings. The average Bonchev–Trinajstić information content (AvgIpc) is 0.918. The van der Waals surface area contributed by atoms with Gasteiger partial charge >= 0.3 is 0 Å². The van der Waals surface area contributed by atoms with E-state index in [4.69, 9.17) is 0 Å². The van der Waals surface area contributed by atoms with Crippen LogP contribution in [0, 0.1) is 0 Å². The maximum absolute atomic E-state index is 4.69. The molecule has 0 heterocycles. The standard InChI is InChI=1S/B2H2P.Y/c1-2-3;/h3H2;. The van der Waals surface area contributed by atoms with Crippen LogP contribution in [0.25, 0.3) is 0 Å². The van der Waals surface area contributed by atoms with Gasteiger partial charge in [-0.3, -0.25) is 0 Å². The van der Waals surface area contributed by atoms with Crippen LogP contribution in [0.4, 0.5) is 0 Å². The molecule has 16 valence electrons. The molecule has 0 aromatic rings. The van der Waals surface area contributed by atoms with Gasteiger partial charge in [0.25, 0.3) is 0 Å². The van der Waals surface area contributed by atoms with E-state index in [0.29, 0.717) is 0 Å². The zero-order chi connectivity index (χ0) is 2.71. The van der Waals surface area contributed by atoms with Crippen LogP contribution in [0.15, 0.2) is 0 Å². The van der Waals surface area contributed by atoms with Crippen molar-refractivity contribution in [2.45, 2.75) is 0 Å². The van der Waals surface area contributed by atoms with Gasteiger partial charge in [0, 0.05) is 40.4 Å². The van der Waals surface area contributed by atoms with E-state index in [2.05, 4.69) is 16.9 Å². The first-order chi connectivity index (χ1) is 1.41. The second-order valence-corrected chi connectivity index (χ2v) is 0.577. The monoisotopic (exact) mass is 144 g/mol. The zero-order valence-electron chi connectivity index (χ0n) is 2.31. The molecule has 4 radical (unpaired) electrons. The zero-order valence-corrected chi connectivity index (χ0v) is 6.30. The molecule has 0 rings (SSSR count). The van der Waals surface area contributed by atoms with Gasteiger partial charge in [-0.05, 0) is 0 Å². The van der Waals surface area contributed by atoms with Crippen LogP contribution < -0.4 is 0 Å². The second kappa shape index (κ2) is 8.82. The van der Waals surface area contributed by atoms with Crippen LogP contribution in [0.1, 0.15) is 0 Å². The van der Waals surface area contributed by atoms with Crippen molar-refractivity contribution in [3.8, 4) is 0 Å². The van der Waals surface area contributed by atoms with Crippen molar-refractivity contribution >= 4 is 23.7 Å². The minimum absolute atomic E-state index is 0. The van der Waals surface area contributed by atoms with Crippen LogP contribution in [-0.2, 0) is 32.7 Å². The molecule has 0 aliphatic rings. The van der Waals surface area contributed by atoms with Crippen LogP contribution in [-0.4, -0.2) is 14.6 Å². The van der Waals surface area contributed by atoms with E-state index in [-0.39, 0.29) is 32.7 Å². The van der Waals surface area contributed by atoms with E-state index in [1.165, 1.54) is 6.89 Å². The minimum Gasteiger partial charge on any atom is -0.188 e. The summed E-state index contributed by atoms with van der Waals surface area (Å²) in [6, 6.07) is 0. The van der Waals surface area contributed by atoms with Crippen molar-refractivity contribution < 1.29 is 32.7 Å². The summed E-state index contributed by atoms with van der Waals surface area (Å²) in [6.45, 7) is 1.42. The van der Waals surface area contributed by atoms with E-state index < -0.39 is 0 Å². The van der Waals surface area contributed by atoms with E-state index in [9.17, 15) is 0 Å². The molecule has 0 saturated carbocycles. The molecule has 0 saturated heterocycles. The first-order valence-electron chi connectivity index (χ1n) is 0.667. The quantitative estimate of drug-likeness (QED) is 0.319. The van der Waals surface area contributed by atoms with E-state index >= 15 is 0 Å². The predicted molar refractivity (Wildman–Crippen MR) is 21.2 cm³/mol. The Balaban J connectivity index is 0. The maximum atomic E-state index is 4.69. The third kappa shape index (κ3) is 9.39. The van der Waals surface area contributed by atoms with Crippen molar-refractivity contribution in [2.24, 2.45) is 0 Å². The molecule has 0 aromatic heterocycles. The first kappa shape index (κ1) is 9.18. The van der Waals surface area contributed by atoms with Gasteiger partial charge in [-0.1, -0.05) is 0 Å². The minimum atomic E-state index is 0. The molecule has 1 unspecified atom stereocenters. The topological polar surface area (TPSA) is 0 Å². The van der Waals surface area contributed by atoms with Gasteiger partial charge < -0.3 is 0 Å².